The lowest BCUT2D eigenvalue weighted by molar-refractivity contribution is 0.0510. The molecule has 0 radical (unpaired) electrons. The van der Waals surface area contributed by atoms with Gasteiger partial charge in [-0.3, -0.25) is 5.32 Å². The third-order valence-corrected chi connectivity index (χ3v) is 1.13. The Morgan fingerprint density at radius 3 is 2.56 bits per heavy atom. The van der Waals surface area contributed by atoms with Gasteiger partial charge in [0.15, 0.2) is 0 Å². The molecule has 0 spiro atoms. The predicted molar refractivity (Wildman–Crippen MR) is 38.4 cm³/mol. The highest BCUT2D eigenvalue weighted by atomic mass is 16.5. The lowest BCUT2D eigenvalue weighted by Crippen LogP contribution is -2.27. The maximum atomic E-state index is 5.26. The molecule has 0 saturated heterocycles. The second-order valence-corrected chi connectivity index (χ2v) is 1.91. The zero-order valence-corrected chi connectivity index (χ0v) is 6.40. The number of nitrogens with one attached hydrogen (secondary N) is 2. The van der Waals surface area contributed by atoms with E-state index in [1.54, 1.807) is 0 Å². The van der Waals surface area contributed by atoms with Gasteiger partial charge in [-0.15, -0.1) is 0 Å². The predicted octanol–water partition coefficient (Wildman–Crippen LogP) is -0.212. The SMILES string of the molecule is CNCCOC(C)NC. The third kappa shape index (κ3) is 5.76. The van der Waals surface area contributed by atoms with E-state index in [4.69, 9.17) is 4.74 Å². The van der Waals surface area contributed by atoms with E-state index in [2.05, 4.69) is 10.6 Å². The van der Waals surface area contributed by atoms with Crippen molar-refractivity contribution in [3.05, 3.63) is 0 Å². The van der Waals surface area contributed by atoms with Gasteiger partial charge in [0.25, 0.3) is 0 Å². The molecule has 0 aliphatic rings. The van der Waals surface area contributed by atoms with Crippen LogP contribution < -0.4 is 10.6 Å². The third-order valence-electron chi connectivity index (χ3n) is 1.13. The summed E-state index contributed by atoms with van der Waals surface area (Å²) in [5, 5.41) is 5.97. The van der Waals surface area contributed by atoms with Crippen LogP contribution in [-0.2, 0) is 4.74 Å². The molecule has 0 aromatic rings. The van der Waals surface area contributed by atoms with Crippen molar-refractivity contribution in [3.8, 4) is 0 Å². The van der Waals surface area contributed by atoms with Gasteiger partial charge in [-0.2, -0.15) is 0 Å². The molecule has 0 saturated carbocycles. The fraction of sp³-hybridized carbons (Fsp3) is 1.00. The van der Waals surface area contributed by atoms with Crippen LogP contribution in [-0.4, -0.2) is 33.5 Å². The molecule has 2 N–H and O–H groups in total. The van der Waals surface area contributed by atoms with Crippen molar-refractivity contribution in [1.29, 1.82) is 0 Å². The minimum atomic E-state index is 0.165. The van der Waals surface area contributed by atoms with Crippen molar-refractivity contribution in [3.63, 3.8) is 0 Å². The quantitative estimate of drug-likeness (QED) is 0.401. The van der Waals surface area contributed by atoms with Crippen LogP contribution in [0.1, 0.15) is 6.92 Å². The number of hydrogen-bond donors (Lipinski definition) is 2. The maximum Gasteiger partial charge on any atom is 0.105 e. The first-order chi connectivity index (χ1) is 4.31. The minimum Gasteiger partial charge on any atom is -0.362 e. The second kappa shape index (κ2) is 6.01. The number of ether oxygens (including phenoxy) is 1. The molecular formula is C6H16N2O. The van der Waals surface area contributed by atoms with Crippen molar-refractivity contribution in [1.82, 2.24) is 10.6 Å². The molecule has 0 aliphatic heterocycles. The molecule has 3 nitrogen and oxygen atoms in total. The minimum absolute atomic E-state index is 0.165. The molecule has 0 aliphatic carbocycles. The van der Waals surface area contributed by atoms with Crippen molar-refractivity contribution in [2.45, 2.75) is 13.2 Å². The monoisotopic (exact) mass is 132 g/mol. The Kier molecular flexibility index (Phi) is 5.93. The summed E-state index contributed by atoms with van der Waals surface area (Å²) in [6.07, 6.45) is 0.165. The van der Waals surface area contributed by atoms with Gasteiger partial charge in [-0.05, 0) is 21.0 Å². The van der Waals surface area contributed by atoms with Gasteiger partial charge in [0.05, 0.1) is 6.61 Å². The summed E-state index contributed by atoms with van der Waals surface area (Å²) < 4.78 is 5.26. The molecule has 9 heavy (non-hydrogen) atoms. The van der Waals surface area contributed by atoms with Crippen LogP contribution in [0.5, 0.6) is 0 Å². The normalized spacial score (nSPS) is 13.7. The lowest BCUT2D eigenvalue weighted by Gasteiger charge is -2.10. The highest BCUT2D eigenvalue weighted by molar-refractivity contribution is 4.41. The fourth-order valence-corrected chi connectivity index (χ4v) is 0.421. The number of likely N-dealkylation sites (N-methyl/N-ethyl adjacent to an activating group) is 1. The Morgan fingerprint density at radius 1 is 1.44 bits per heavy atom. The van der Waals surface area contributed by atoms with E-state index in [-0.39, 0.29) is 6.23 Å². The van der Waals surface area contributed by atoms with Crippen LogP contribution in [0.4, 0.5) is 0 Å². The second-order valence-electron chi connectivity index (χ2n) is 1.91. The molecule has 0 fully saturated rings. The first-order valence-electron chi connectivity index (χ1n) is 3.24. The average molecular weight is 132 g/mol. The van der Waals surface area contributed by atoms with Gasteiger partial charge in [0.2, 0.25) is 0 Å². The molecule has 0 amide bonds. The van der Waals surface area contributed by atoms with E-state index in [1.165, 1.54) is 0 Å². The Bertz CT molecular complexity index is 59.0. The lowest BCUT2D eigenvalue weighted by atomic mass is 10.6. The first-order valence-corrected chi connectivity index (χ1v) is 3.24. The van der Waals surface area contributed by atoms with Crippen LogP contribution in [0.2, 0.25) is 0 Å². The van der Waals surface area contributed by atoms with E-state index in [9.17, 15) is 0 Å². The van der Waals surface area contributed by atoms with Gasteiger partial charge in [0.1, 0.15) is 6.23 Å². The summed E-state index contributed by atoms with van der Waals surface area (Å²) in [5.41, 5.74) is 0. The molecule has 0 bridgehead atoms. The summed E-state index contributed by atoms with van der Waals surface area (Å²) in [6, 6.07) is 0. The van der Waals surface area contributed by atoms with Crippen molar-refractivity contribution in [2.24, 2.45) is 0 Å². The van der Waals surface area contributed by atoms with Gasteiger partial charge in [-0.25, -0.2) is 0 Å². The largest absolute Gasteiger partial charge is 0.362 e. The fourth-order valence-electron chi connectivity index (χ4n) is 0.421. The zero-order chi connectivity index (χ0) is 7.11. The summed E-state index contributed by atoms with van der Waals surface area (Å²) in [5.74, 6) is 0. The Morgan fingerprint density at radius 2 is 2.11 bits per heavy atom. The molecule has 0 heterocycles. The molecule has 56 valence electrons. The smallest absolute Gasteiger partial charge is 0.105 e. The molecule has 3 heteroatoms. The molecule has 0 aromatic carbocycles. The van der Waals surface area contributed by atoms with Crippen LogP contribution >= 0.6 is 0 Å². The van der Waals surface area contributed by atoms with Crippen LogP contribution in [0.15, 0.2) is 0 Å². The number of hydrogen-bond acceptors (Lipinski definition) is 3. The van der Waals surface area contributed by atoms with Gasteiger partial charge < -0.3 is 10.1 Å². The van der Waals surface area contributed by atoms with Crippen LogP contribution in [0.3, 0.4) is 0 Å². The van der Waals surface area contributed by atoms with Crippen molar-refractivity contribution < 1.29 is 4.74 Å². The topological polar surface area (TPSA) is 33.3 Å². The number of rotatable bonds is 5. The van der Waals surface area contributed by atoms with E-state index in [0.29, 0.717) is 0 Å². The summed E-state index contributed by atoms with van der Waals surface area (Å²) in [4.78, 5) is 0. The van der Waals surface area contributed by atoms with Crippen LogP contribution in [0, 0.1) is 0 Å². The molecule has 1 unspecified atom stereocenters. The highest BCUT2D eigenvalue weighted by Gasteiger charge is 1.93. The van der Waals surface area contributed by atoms with E-state index >= 15 is 0 Å². The van der Waals surface area contributed by atoms with Crippen LogP contribution in [0.25, 0.3) is 0 Å². The van der Waals surface area contributed by atoms with Crippen molar-refractivity contribution in [2.75, 3.05) is 27.2 Å². The van der Waals surface area contributed by atoms with Gasteiger partial charge in [-0.1, -0.05) is 0 Å². The van der Waals surface area contributed by atoms with E-state index in [0.717, 1.165) is 13.2 Å². The molecular weight excluding hydrogens is 116 g/mol. The summed E-state index contributed by atoms with van der Waals surface area (Å²) in [7, 11) is 3.79. The van der Waals surface area contributed by atoms with Crippen molar-refractivity contribution >= 4 is 0 Å². The van der Waals surface area contributed by atoms with Gasteiger partial charge >= 0.3 is 0 Å². The Balaban J connectivity index is 2.88. The molecule has 0 aromatic heterocycles. The first kappa shape index (κ1) is 8.88. The van der Waals surface area contributed by atoms with Gasteiger partial charge in [0, 0.05) is 6.54 Å². The Hall–Kier alpha value is -0.120. The average Bonchev–Trinajstić information content (AvgIpc) is 1.89. The maximum absolute atomic E-state index is 5.26. The highest BCUT2D eigenvalue weighted by Crippen LogP contribution is 1.80. The molecule has 0 rings (SSSR count). The Labute approximate surface area is 56.8 Å². The van der Waals surface area contributed by atoms with E-state index in [1.807, 2.05) is 21.0 Å². The molecule has 1 atom stereocenters. The van der Waals surface area contributed by atoms with E-state index < -0.39 is 0 Å². The zero-order valence-electron chi connectivity index (χ0n) is 6.40. The standard InChI is InChI=1S/C6H16N2O/c1-6(8-3)9-5-4-7-2/h6-8H,4-5H2,1-3H3. The summed E-state index contributed by atoms with van der Waals surface area (Å²) >= 11 is 0. The summed E-state index contributed by atoms with van der Waals surface area (Å²) in [6.45, 7) is 3.65.